The number of hydrogen-bond donors (Lipinski definition) is 0. The summed E-state index contributed by atoms with van der Waals surface area (Å²) in [6.45, 7) is 4.87. The van der Waals surface area contributed by atoms with E-state index in [-0.39, 0.29) is 0 Å². The van der Waals surface area contributed by atoms with E-state index in [9.17, 15) is 0 Å². The molecule has 0 atom stereocenters. The van der Waals surface area contributed by atoms with Gasteiger partial charge in [-0.25, -0.2) is 0 Å². The lowest BCUT2D eigenvalue weighted by atomic mass is 10.0. The Bertz CT molecular complexity index is 531. The fourth-order valence-electron chi connectivity index (χ4n) is 1.98. The Kier molecular flexibility index (Phi) is 4.86. The van der Waals surface area contributed by atoms with Crippen LogP contribution in [-0.2, 0) is 12.3 Å². The molecule has 2 aromatic rings. The molecular weight excluding hydrogens is 256 g/mol. The molecule has 2 rings (SSSR count). The second kappa shape index (κ2) is 6.63. The van der Waals surface area contributed by atoms with Gasteiger partial charge in [-0.3, -0.25) is 0 Å². The van der Waals surface area contributed by atoms with E-state index in [1.54, 1.807) is 0 Å². The predicted molar refractivity (Wildman–Crippen MR) is 81.1 cm³/mol. The minimum absolute atomic E-state index is 0.575. The molecule has 0 bridgehead atoms. The van der Waals surface area contributed by atoms with Crippen molar-refractivity contribution in [1.29, 1.82) is 0 Å². The smallest absolute Gasteiger partial charge is 0.119 e. The van der Waals surface area contributed by atoms with Gasteiger partial charge in [0, 0.05) is 12.3 Å². The molecule has 0 fully saturated rings. The van der Waals surface area contributed by atoms with Crippen molar-refractivity contribution in [1.82, 2.24) is 0 Å². The van der Waals surface area contributed by atoms with Crippen molar-refractivity contribution in [3.8, 4) is 5.75 Å². The van der Waals surface area contributed by atoms with Gasteiger partial charge < -0.3 is 4.74 Å². The van der Waals surface area contributed by atoms with Crippen LogP contribution in [0.3, 0.4) is 0 Å². The Hall–Kier alpha value is -1.47. The molecule has 0 aliphatic heterocycles. The summed E-state index contributed by atoms with van der Waals surface area (Å²) in [5, 5.41) is 0. The summed E-state index contributed by atoms with van der Waals surface area (Å²) >= 11 is 5.86. The average Bonchev–Trinajstić information content (AvgIpc) is 2.41. The maximum Gasteiger partial charge on any atom is 0.119 e. The zero-order chi connectivity index (χ0) is 13.7. The molecule has 2 aromatic carbocycles. The maximum absolute atomic E-state index is 5.86. The van der Waals surface area contributed by atoms with Crippen molar-refractivity contribution < 1.29 is 4.74 Å². The fourth-order valence-corrected chi connectivity index (χ4v) is 2.28. The Morgan fingerprint density at radius 3 is 2.37 bits per heavy atom. The first-order valence-electron chi connectivity index (χ1n) is 6.53. The number of ether oxygens (including phenoxy) is 1. The van der Waals surface area contributed by atoms with Gasteiger partial charge in [0.1, 0.15) is 5.75 Å². The van der Waals surface area contributed by atoms with Crippen LogP contribution >= 0.6 is 11.6 Å². The van der Waals surface area contributed by atoms with Gasteiger partial charge in [0.05, 0.1) is 6.61 Å². The van der Waals surface area contributed by atoms with Crippen molar-refractivity contribution in [2.24, 2.45) is 0 Å². The third-order valence-corrected chi connectivity index (χ3v) is 3.52. The van der Waals surface area contributed by atoms with Gasteiger partial charge in [-0.05, 0) is 42.7 Å². The average molecular weight is 275 g/mol. The highest BCUT2D eigenvalue weighted by Gasteiger charge is 2.00. The van der Waals surface area contributed by atoms with Gasteiger partial charge in [-0.2, -0.15) is 0 Å². The zero-order valence-electron chi connectivity index (χ0n) is 11.4. The summed E-state index contributed by atoms with van der Waals surface area (Å²) in [5.41, 5.74) is 4.99. The molecule has 0 aliphatic rings. The van der Waals surface area contributed by atoms with Gasteiger partial charge in [-0.15, -0.1) is 11.6 Å². The third kappa shape index (κ3) is 4.00. The van der Waals surface area contributed by atoms with Crippen LogP contribution in [-0.4, -0.2) is 6.61 Å². The first-order chi connectivity index (χ1) is 9.19. The van der Waals surface area contributed by atoms with E-state index < -0.39 is 0 Å². The summed E-state index contributed by atoms with van der Waals surface area (Å²) in [4.78, 5) is 0. The van der Waals surface area contributed by atoms with E-state index in [0.717, 1.165) is 12.2 Å². The predicted octanol–water partition coefficient (Wildman–Crippen LogP) is 4.66. The number of rotatable bonds is 5. The highest BCUT2D eigenvalue weighted by molar-refractivity contribution is 6.17. The van der Waals surface area contributed by atoms with E-state index in [4.69, 9.17) is 16.3 Å². The molecule has 0 saturated heterocycles. The molecule has 0 aromatic heterocycles. The van der Waals surface area contributed by atoms with E-state index in [1.807, 2.05) is 12.1 Å². The molecule has 0 saturated carbocycles. The molecule has 100 valence electrons. The van der Waals surface area contributed by atoms with E-state index in [2.05, 4.69) is 44.2 Å². The van der Waals surface area contributed by atoms with Crippen molar-refractivity contribution in [3.05, 3.63) is 64.7 Å². The molecule has 1 nitrogen and oxygen atoms in total. The van der Waals surface area contributed by atoms with Crippen LogP contribution in [0.15, 0.2) is 42.5 Å². The second-order valence-electron chi connectivity index (χ2n) is 4.81. The monoisotopic (exact) mass is 274 g/mol. The molecule has 0 N–H and O–H groups in total. The quantitative estimate of drug-likeness (QED) is 0.721. The van der Waals surface area contributed by atoms with E-state index in [1.165, 1.54) is 22.3 Å². The fraction of sp³-hybridized carbons (Fsp3) is 0.294. The van der Waals surface area contributed by atoms with Gasteiger partial charge in [0.25, 0.3) is 0 Å². The van der Waals surface area contributed by atoms with Crippen LogP contribution in [0.25, 0.3) is 0 Å². The molecule has 19 heavy (non-hydrogen) atoms. The Morgan fingerprint density at radius 2 is 1.74 bits per heavy atom. The maximum atomic E-state index is 5.86. The Balaban J connectivity index is 1.88. The highest BCUT2D eigenvalue weighted by Crippen LogP contribution is 2.15. The first kappa shape index (κ1) is 14.0. The molecule has 2 heteroatoms. The molecule has 0 aliphatic carbocycles. The molecule has 0 radical (unpaired) electrons. The van der Waals surface area contributed by atoms with Crippen molar-refractivity contribution in [2.75, 3.05) is 6.61 Å². The normalized spacial score (nSPS) is 10.5. The molecule has 0 heterocycles. The molecule has 0 unspecified atom stereocenters. The van der Waals surface area contributed by atoms with Crippen molar-refractivity contribution >= 4 is 11.6 Å². The minimum atomic E-state index is 0.575. The second-order valence-corrected chi connectivity index (χ2v) is 5.07. The number of halogens is 1. The molecule has 0 spiro atoms. The van der Waals surface area contributed by atoms with Crippen LogP contribution in [0.5, 0.6) is 5.75 Å². The summed E-state index contributed by atoms with van der Waals surface area (Å²) in [6, 6.07) is 14.6. The lowest BCUT2D eigenvalue weighted by Crippen LogP contribution is -2.02. The third-order valence-electron chi connectivity index (χ3n) is 3.23. The van der Waals surface area contributed by atoms with Crippen LogP contribution < -0.4 is 4.74 Å². The van der Waals surface area contributed by atoms with Gasteiger partial charge in [0.15, 0.2) is 0 Å². The lowest BCUT2D eigenvalue weighted by molar-refractivity contribution is 0.322. The Morgan fingerprint density at radius 1 is 1.00 bits per heavy atom. The van der Waals surface area contributed by atoms with Gasteiger partial charge in [-0.1, -0.05) is 35.9 Å². The topological polar surface area (TPSA) is 9.23 Å². The number of alkyl halides is 1. The number of aryl methyl sites for hydroxylation is 2. The van der Waals surface area contributed by atoms with Crippen molar-refractivity contribution in [2.45, 2.75) is 26.1 Å². The summed E-state index contributed by atoms with van der Waals surface area (Å²) in [7, 11) is 0. The summed E-state index contributed by atoms with van der Waals surface area (Å²) < 4.78 is 5.74. The zero-order valence-corrected chi connectivity index (χ0v) is 12.2. The van der Waals surface area contributed by atoms with Crippen LogP contribution in [0, 0.1) is 13.8 Å². The van der Waals surface area contributed by atoms with Gasteiger partial charge in [0.2, 0.25) is 0 Å². The largest absolute Gasteiger partial charge is 0.493 e. The van der Waals surface area contributed by atoms with E-state index in [0.29, 0.717) is 12.5 Å². The first-order valence-corrected chi connectivity index (χ1v) is 7.06. The standard InChI is InChI=1S/C17H19ClO/c1-13-3-7-17(8-4-13)19-10-9-15-5-6-16(12-18)14(2)11-15/h3-8,11H,9-10,12H2,1-2H3. The van der Waals surface area contributed by atoms with Crippen LogP contribution in [0.2, 0.25) is 0 Å². The van der Waals surface area contributed by atoms with Crippen LogP contribution in [0.1, 0.15) is 22.3 Å². The number of benzene rings is 2. The Labute approximate surface area is 120 Å². The summed E-state index contributed by atoms with van der Waals surface area (Å²) in [5.74, 6) is 1.51. The van der Waals surface area contributed by atoms with E-state index >= 15 is 0 Å². The van der Waals surface area contributed by atoms with Crippen LogP contribution in [0.4, 0.5) is 0 Å². The SMILES string of the molecule is Cc1ccc(OCCc2ccc(CCl)c(C)c2)cc1. The van der Waals surface area contributed by atoms with Gasteiger partial charge >= 0.3 is 0 Å². The number of hydrogen-bond acceptors (Lipinski definition) is 1. The highest BCUT2D eigenvalue weighted by atomic mass is 35.5. The van der Waals surface area contributed by atoms with Crippen molar-refractivity contribution in [3.63, 3.8) is 0 Å². The molecule has 0 amide bonds. The summed E-state index contributed by atoms with van der Waals surface area (Å²) in [6.07, 6.45) is 0.914. The lowest BCUT2D eigenvalue weighted by Gasteiger charge is -2.08. The molecular formula is C17H19ClO. The minimum Gasteiger partial charge on any atom is -0.493 e.